The molecule has 3 rings (SSSR count). The average molecular weight is 372 g/mol. The molecule has 0 aliphatic carbocycles. The third kappa shape index (κ3) is 5.11. The van der Waals surface area contributed by atoms with Crippen molar-refractivity contribution < 1.29 is 27.4 Å². The lowest BCUT2D eigenvalue weighted by Gasteiger charge is -2.37. The fraction of sp³-hybridized carbons (Fsp3) is 0.611. The van der Waals surface area contributed by atoms with Gasteiger partial charge in [-0.1, -0.05) is 18.2 Å². The Bertz CT molecular complexity index is 610. The standard InChI is InChI=1S/C18H23F3N2O3/c19-18(20,21)26-16-4-2-1-3-14(16)5-6-17(24)23-10-8-22(9-11-23)15-7-12-25-13-15/h1-4,15H,5-13H2/t15-/m0/s1. The van der Waals surface area contributed by atoms with Gasteiger partial charge in [0.15, 0.2) is 0 Å². The van der Waals surface area contributed by atoms with Crippen LogP contribution in [0.15, 0.2) is 24.3 Å². The number of amides is 1. The van der Waals surface area contributed by atoms with Crippen LogP contribution in [0.5, 0.6) is 5.75 Å². The van der Waals surface area contributed by atoms with E-state index in [2.05, 4.69) is 9.64 Å². The molecule has 2 saturated heterocycles. The molecule has 8 heteroatoms. The third-order valence-corrected chi connectivity index (χ3v) is 4.90. The molecular weight excluding hydrogens is 349 g/mol. The summed E-state index contributed by atoms with van der Waals surface area (Å²) in [5, 5.41) is 0. The van der Waals surface area contributed by atoms with Crippen molar-refractivity contribution in [1.29, 1.82) is 0 Å². The molecule has 26 heavy (non-hydrogen) atoms. The number of aryl methyl sites for hydroxylation is 1. The summed E-state index contributed by atoms with van der Waals surface area (Å²) in [4.78, 5) is 16.6. The molecule has 2 heterocycles. The van der Waals surface area contributed by atoms with E-state index in [4.69, 9.17) is 4.74 Å². The summed E-state index contributed by atoms with van der Waals surface area (Å²) in [7, 11) is 0. The van der Waals surface area contributed by atoms with E-state index in [1.54, 1.807) is 17.0 Å². The van der Waals surface area contributed by atoms with E-state index in [9.17, 15) is 18.0 Å². The molecule has 1 atom stereocenters. The summed E-state index contributed by atoms with van der Waals surface area (Å²) >= 11 is 0. The highest BCUT2D eigenvalue weighted by atomic mass is 19.4. The maximum absolute atomic E-state index is 12.5. The fourth-order valence-electron chi connectivity index (χ4n) is 3.48. The van der Waals surface area contributed by atoms with E-state index in [1.807, 2.05) is 0 Å². The molecule has 0 unspecified atom stereocenters. The van der Waals surface area contributed by atoms with Crippen LogP contribution in [0.1, 0.15) is 18.4 Å². The fourth-order valence-corrected chi connectivity index (χ4v) is 3.48. The van der Waals surface area contributed by atoms with Crippen molar-refractivity contribution in [3.8, 4) is 5.75 Å². The van der Waals surface area contributed by atoms with Crippen LogP contribution in [-0.4, -0.2) is 67.5 Å². The molecule has 1 aromatic rings. The Kier molecular flexibility index (Phi) is 6.03. The lowest BCUT2D eigenvalue weighted by atomic mass is 10.1. The molecule has 1 aromatic carbocycles. The maximum Gasteiger partial charge on any atom is 0.573 e. The second kappa shape index (κ2) is 8.26. The Morgan fingerprint density at radius 2 is 1.92 bits per heavy atom. The van der Waals surface area contributed by atoms with Gasteiger partial charge in [0.1, 0.15) is 5.75 Å². The number of carbonyl (C=O) groups is 1. The monoisotopic (exact) mass is 372 g/mol. The first-order valence-electron chi connectivity index (χ1n) is 8.85. The highest BCUT2D eigenvalue weighted by Crippen LogP contribution is 2.27. The van der Waals surface area contributed by atoms with Gasteiger partial charge in [-0.3, -0.25) is 9.69 Å². The van der Waals surface area contributed by atoms with Gasteiger partial charge in [0.2, 0.25) is 5.91 Å². The van der Waals surface area contributed by atoms with E-state index >= 15 is 0 Å². The van der Waals surface area contributed by atoms with Crippen molar-refractivity contribution in [2.24, 2.45) is 0 Å². The van der Waals surface area contributed by atoms with Gasteiger partial charge < -0.3 is 14.4 Å². The quantitative estimate of drug-likeness (QED) is 0.796. The number of nitrogens with zero attached hydrogens (tertiary/aromatic N) is 2. The smallest absolute Gasteiger partial charge is 0.406 e. The summed E-state index contributed by atoms with van der Waals surface area (Å²) in [5.74, 6) is -0.270. The Balaban J connectivity index is 1.49. The van der Waals surface area contributed by atoms with Gasteiger partial charge in [0, 0.05) is 45.2 Å². The van der Waals surface area contributed by atoms with Crippen LogP contribution in [-0.2, 0) is 16.0 Å². The Hall–Kier alpha value is -1.80. The summed E-state index contributed by atoms with van der Waals surface area (Å²) in [6, 6.07) is 6.41. The minimum absolute atomic E-state index is 0.0332. The van der Waals surface area contributed by atoms with Crippen molar-refractivity contribution in [2.75, 3.05) is 39.4 Å². The number of para-hydroxylation sites is 1. The minimum Gasteiger partial charge on any atom is -0.406 e. The molecule has 2 aliphatic rings. The van der Waals surface area contributed by atoms with Gasteiger partial charge in [-0.15, -0.1) is 13.2 Å². The zero-order valence-corrected chi connectivity index (χ0v) is 14.5. The molecular formula is C18H23F3N2O3. The number of alkyl halides is 3. The summed E-state index contributed by atoms with van der Waals surface area (Å²) in [6.45, 7) is 4.47. The number of benzene rings is 1. The van der Waals surface area contributed by atoms with Crippen molar-refractivity contribution >= 4 is 5.91 Å². The number of halogens is 3. The van der Waals surface area contributed by atoms with E-state index in [0.29, 0.717) is 24.7 Å². The molecule has 1 amide bonds. The maximum atomic E-state index is 12.5. The number of hydrogen-bond acceptors (Lipinski definition) is 4. The molecule has 0 N–H and O–H groups in total. The van der Waals surface area contributed by atoms with E-state index in [0.717, 1.165) is 32.7 Å². The van der Waals surface area contributed by atoms with Gasteiger partial charge in [-0.25, -0.2) is 0 Å². The largest absolute Gasteiger partial charge is 0.573 e. The highest BCUT2D eigenvalue weighted by Gasteiger charge is 2.32. The van der Waals surface area contributed by atoms with Gasteiger partial charge >= 0.3 is 6.36 Å². The highest BCUT2D eigenvalue weighted by molar-refractivity contribution is 5.76. The first-order valence-corrected chi connectivity index (χ1v) is 8.85. The zero-order valence-electron chi connectivity index (χ0n) is 14.5. The van der Waals surface area contributed by atoms with E-state index < -0.39 is 6.36 Å². The Labute approximate surface area is 150 Å². The number of rotatable bonds is 5. The van der Waals surface area contributed by atoms with Crippen molar-refractivity contribution in [3.05, 3.63) is 29.8 Å². The molecule has 0 saturated carbocycles. The Morgan fingerprint density at radius 1 is 1.19 bits per heavy atom. The predicted octanol–water partition coefficient (Wildman–Crippen LogP) is 2.45. The van der Waals surface area contributed by atoms with Gasteiger partial charge in [0.05, 0.1) is 6.61 Å². The van der Waals surface area contributed by atoms with Crippen LogP contribution in [0.4, 0.5) is 13.2 Å². The zero-order chi connectivity index (χ0) is 18.6. The molecule has 0 spiro atoms. The van der Waals surface area contributed by atoms with Crippen LogP contribution in [0, 0.1) is 0 Å². The van der Waals surface area contributed by atoms with Crippen LogP contribution in [0.3, 0.4) is 0 Å². The molecule has 0 radical (unpaired) electrons. The van der Waals surface area contributed by atoms with Crippen LogP contribution < -0.4 is 4.74 Å². The minimum atomic E-state index is -4.74. The second-order valence-electron chi connectivity index (χ2n) is 6.59. The molecule has 5 nitrogen and oxygen atoms in total. The first-order chi connectivity index (χ1) is 12.4. The van der Waals surface area contributed by atoms with Crippen molar-refractivity contribution in [1.82, 2.24) is 9.80 Å². The molecule has 144 valence electrons. The van der Waals surface area contributed by atoms with E-state index in [-0.39, 0.29) is 24.5 Å². The van der Waals surface area contributed by atoms with Gasteiger partial charge in [-0.2, -0.15) is 0 Å². The molecule has 0 bridgehead atoms. The molecule has 0 aromatic heterocycles. The van der Waals surface area contributed by atoms with Gasteiger partial charge in [0.25, 0.3) is 0 Å². The van der Waals surface area contributed by atoms with Crippen LogP contribution in [0.2, 0.25) is 0 Å². The number of carbonyl (C=O) groups excluding carboxylic acids is 1. The average Bonchev–Trinajstić information content (AvgIpc) is 3.14. The Morgan fingerprint density at radius 3 is 2.58 bits per heavy atom. The van der Waals surface area contributed by atoms with E-state index in [1.165, 1.54) is 12.1 Å². The topological polar surface area (TPSA) is 42.0 Å². The summed E-state index contributed by atoms with van der Waals surface area (Å²) in [5.41, 5.74) is 0.389. The SMILES string of the molecule is O=C(CCc1ccccc1OC(F)(F)F)N1CCN([C@H]2CCOC2)CC1. The number of ether oxygens (including phenoxy) is 2. The normalized spacial score (nSPS) is 21.8. The first kappa shape index (κ1) is 19.0. The second-order valence-corrected chi connectivity index (χ2v) is 6.59. The molecule has 2 fully saturated rings. The summed E-state index contributed by atoms with van der Waals surface area (Å²) < 4.78 is 46.8. The van der Waals surface area contributed by atoms with Crippen LogP contribution in [0.25, 0.3) is 0 Å². The summed E-state index contributed by atoms with van der Waals surface area (Å²) in [6.07, 6.45) is -3.31. The molecule has 2 aliphatic heterocycles. The predicted molar refractivity (Wildman–Crippen MR) is 88.8 cm³/mol. The number of hydrogen-bond donors (Lipinski definition) is 0. The third-order valence-electron chi connectivity index (χ3n) is 4.90. The van der Waals surface area contributed by atoms with Gasteiger partial charge in [-0.05, 0) is 24.5 Å². The van der Waals surface area contributed by atoms with Crippen molar-refractivity contribution in [2.45, 2.75) is 31.7 Å². The lowest BCUT2D eigenvalue weighted by Crippen LogP contribution is -2.52. The van der Waals surface area contributed by atoms with Crippen LogP contribution >= 0.6 is 0 Å². The lowest BCUT2D eigenvalue weighted by molar-refractivity contribution is -0.274. The van der Waals surface area contributed by atoms with Crippen molar-refractivity contribution in [3.63, 3.8) is 0 Å². The number of piperazine rings is 1.